The maximum atomic E-state index is 11.4. The topological polar surface area (TPSA) is 79.9 Å². The highest BCUT2D eigenvalue weighted by molar-refractivity contribution is 5.90. The normalized spacial score (nSPS) is 21.0. The fourth-order valence-corrected chi connectivity index (χ4v) is 1.38. The smallest absolute Gasteiger partial charge is 0.288 e. The molecule has 0 saturated carbocycles. The number of rotatable bonds is 3. The summed E-state index contributed by atoms with van der Waals surface area (Å²) in [6, 6.07) is 0. The molecule has 1 fully saturated rings. The van der Waals surface area contributed by atoms with E-state index in [1.807, 2.05) is 0 Å². The van der Waals surface area contributed by atoms with E-state index in [4.69, 9.17) is 4.74 Å². The number of hydrogen-bond donors (Lipinski definition) is 2. The van der Waals surface area contributed by atoms with Gasteiger partial charge in [-0.2, -0.15) is 5.10 Å². The standard InChI is InChI=1S/C8H12N4O2/c13-8(7-10-5-11-12-7)9-3-6-1-2-14-4-6/h5-6H,1-4H2,(H,9,13)(H,10,11,12). The molecule has 6 heteroatoms. The molecule has 1 amide bonds. The van der Waals surface area contributed by atoms with E-state index in [2.05, 4.69) is 20.5 Å². The number of amides is 1. The van der Waals surface area contributed by atoms with Gasteiger partial charge in [0.1, 0.15) is 6.33 Å². The summed E-state index contributed by atoms with van der Waals surface area (Å²) in [6.07, 6.45) is 2.32. The van der Waals surface area contributed by atoms with Crippen molar-refractivity contribution in [1.82, 2.24) is 20.5 Å². The molecule has 0 radical (unpaired) electrons. The lowest BCUT2D eigenvalue weighted by Crippen LogP contribution is -2.30. The Hall–Kier alpha value is -1.43. The average Bonchev–Trinajstić information content (AvgIpc) is 2.87. The van der Waals surface area contributed by atoms with Gasteiger partial charge in [-0.05, 0) is 6.42 Å². The van der Waals surface area contributed by atoms with Crippen molar-refractivity contribution in [2.45, 2.75) is 6.42 Å². The Balaban J connectivity index is 1.78. The summed E-state index contributed by atoms with van der Waals surface area (Å²) < 4.78 is 5.19. The van der Waals surface area contributed by atoms with Crippen molar-refractivity contribution in [3.05, 3.63) is 12.2 Å². The van der Waals surface area contributed by atoms with E-state index >= 15 is 0 Å². The van der Waals surface area contributed by atoms with Crippen molar-refractivity contribution in [3.8, 4) is 0 Å². The first-order valence-corrected chi connectivity index (χ1v) is 4.57. The minimum absolute atomic E-state index is 0.214. The van der Waals surface area contributed by atoms with Crippen molar-refractivity contribution >= 4 is 5.91 Å². The first kappa shape index (κ1) is 9.14. The number of nitrogens with one attached hydrogen (secondary N) is 2. The molecule has 0 aliphatic carbocycles. The fourth-order valence-electron chi connectivity index (χ4n) is 1.38. The van der Waals surface area contributed by atoms with E-state index in [1.54, 1.807) is 0 Å². The summed E-state index contributed by atoms with van der Waals surface area (Å²) in [6.45, 7) is 2.17. The number of carbonyl (C=O) groups is 1. The van der Waals surface area contributed by atoms with Crippen LogP contribution in [0.3, 0.4) is 0 Å². The lowest BCUT2D eigenvalue weighted by atomic mass is 10.1. The third kappa shape index (κ3) is 2.08. The average molecular weight is 196 g/mol. The number of carbonyl (C=O) groups excluding carboxylic acids is 1. The van der Waals surface area contributed by atoms with Crippen LogP contribution in [0, 0.1) is 5.92 Å². The maximum Gasteiger partial charge on any atom is 0.288 e. The zero-order chi connectivity index (χ0) is 9.80. The van der Waals surface area contributed by atoms with Crippen molar-refractivity contribution in [2.24, 2.45) is 5.92 Å². The molecule has 2 N–H and O–H groups in total. The van der Waals surface area contributed by atoms with Gasteiger partial charge in [-0.15, -0.1) is 0 Å². The summed E-state index contributed by atoms with van der Waals surface area (Å²) in [5.74, 6) is 0.472. The first-order valence-electron chi connectivity index (χ1n) is 4.57. The molecule has 0 spiro atoms. The molecule has 14 heavy (non-hydrogen) atoms. The highest BCUT2D eigenvalue weighted by Gasteiger charge is 2.17. The molecule has 1 aromatic rings. The van der Waals surface area contributed by atoms with Crippen LogP contribution in [0.2, 0.25) is 0 Å². The molecule has 0 bridgehead atoms. The molecule has 76 valence electrons. The fraction of sp³-hybridized carbons (Fsp3) is 0.625. The second-order valence-electron chi connectivity index (χ2n) is 3.27. The van der Waals surface area contributed by atoms with Gasteiger partial charge >= 0.3 is 0 Å². The minimum atomic E-state index is -0.214. The van der Waals surface area contributed by atoms with E-state index in [-0.39, 0.29) is 11.7 Å². The summed E-state index contributed by atoms with van der Waals surface area (Å²) in [5, 5.41) is 8.88. The van der Waals surface area contributed by atoms with Crippen LogP contribution in [0.4, 0.5) is 0 Å². The Kier molecular flexibility index (Phi) is 2.73. The zero-order valence-electron chi connectivity index (χ0n) is 7.69. The molecule has 2 rings (SSSR count). The van der Waals surface area contributed by atoms with Crippen LogP contribution in [0.5, 0.6) is 0 Å². The lowest BCUT2D eigenvalue weighted by Gasteiger charge is -2.07. The van der Waals surface area contributed by atoms with Crippen molar-refractivity contribution in [2.75, 3.05) is 19.8 Å². The van der Waals surface area contributed by atoms with E-state index in [9.17, 15) is 4.79 Å². The van der Waals surface area contributed by atoms with Crippen LogP contribution in [0.15, 0.2) is 6.33 Å². The number of nitrogens with zero attached hydrogens (tertiary/aromatic N) is 2. The zero-order valence-corrected chi connectivity index (χ0v) is 7.69. The van der Waals surface area contributed by atoms with Crippen LogP contribution < -0.4 is 5.32 Å². The number of hydrogen-bond acceptors (Lipinski definition) is 4. The van der Waals surface area contributed by atoms with Gasteiger partial charge in [0.2, 0.25) is 5.82 Å². The summed E-state index contributed by atoms with van der Waals surface area (Å²) in [5.41, 5.74) is 0. The third-order valence-corrected chi connectivity index (χ3v) is 2.21. The molecular weight excluding hydrogens is 184 g/mol. The first-order chi connectivity index (χ1) is 6.86. The van der Waals surface area contributed by atoms with Crippen LogP contribution in [0.1, 0.15) is 17.0 Å². The molecule has 1 aliphatic rings. The van der Waals surface area contributed by atoms with Crippen LogP contribution in [-0.2, 0) is 4.74 Å². The highest BCUT2D eigenvalue weighted by Crippen LogP contribution is 2.10. The van der Waals surface area contributed by atoms with Gasteiger partial charge in [-0.1, -0.05) is 0 Å². The SMILES string of the molecule is O=C(NCC1CCOC1)c1ncn[nH]1. The van der Waals surface area contributed by atoms with Gasteiger partial charge in [0, 0.05) is 19.1 Å². The highest BCUT2D eigenvalue weighted by atomic mass is 16.5. The molecule has 6 nitrogen and oxygen atoms in total. The molecule has 2 heterocycles. The summed E-state index contributed by atoms with van der Waals surface area (Å²) in [7, 11) is 0. The monoisotopic (exact) mass is 196 g/mol. The van der Waals surface area contributed by atoms with E-state index in [1.165, 1.54) is 6.33 Å². The predicted octanol–water partition coefficient (Wildman–Crippen LogP) is -0.429. The Bertz CT molecular complexity index is 292. The van der Waals surface area contributed by atoms with Gasteiger partial charge in [-0.25, -0.2) is 4.98 Å². The van der Waals surface area contributed by atoms with E-state index < -0.39 is 0 Å². The van der Waals surface area contributed by atoms with Gasteiger partial charge in [0.25, 0.3) is 5.91 Å². The van der Waals surface area contributed by atoms with E-state index in [0.717, 1.165) is 19.6 Å². The summed E-state index contributed by atoms with van der Waals surface area (Å²) in [4.78, 5) is 15.1. The largest absolute Gasteiger partial charge is 0.381 e. The van der Waals surface area contributed by atoms with Gasteiger partial charge < -0.3 is 10.1 Å². The molecule has 0 aromatic carbocycles. The van der Waals surface area contributed by atoms with E-state index in [0.29, 0.717) is 12.5 Å². The van der Waals surface area contributed by atoms with Gasteiger partial charge in [0.05, 0.1) is 6.61 Å². The van der Waals surface area contributed by atoms with Crippen LogP contribution in [0.25, 0.3) is 0 Å². The van der Waals surface area contributed by atoms with Crippen molar-refractivity contribution in [3.63, 3.8) is 0 Å². The number of aromatic nitrogens is 3. The third-order valence-electron chi connectivity index (χ3n) is 2.21. The summed E-state index contributed by atoms with van der Waals surface area (Å²) >= 11 is 0. The minimum Gasteiger partial charge on any atom is -0.381 e. The predicted molar refractivity (Wildman–Crippen MR) is 47.6 cm³/mol. The van der Waals surface area contributed by atoms with Crippen LogP contribution in [-0.4, -0.2) is 40.8 Å². The van der Waals surface area contributed by atoms with Crippen LogP contribution >= 0.6 is 0 Å². The molecular formula is C8H12N4O2. The Labute approximate surface area is 81.1 Å². The number of aromatic amines is 1. The molecule has 1 aromatic heterocycles. The Morgan fingerprint density at radius 3 is 3.36 bits per heavy atom. The Morgan fingerprint density at radius 1 is 1.79 bits per heavy atom. The quantitative estimate of drug-likeness (QED) is 0.687. The molecule has 1 aliphatic heterocycles. The Morgan fingerprint density at radius 2 is 2.71 bits per heavy atom. The van der Waals surface area contributed by atoms with Gasteiger partial charge in [0.15, 0.2) is 0 Å². The number of H-pyrrole nitrogens is 1. The number of ether oxygens (including phenoxy) is 1. The second kappa shape index (κ2) is 4.19. The molecule has 1 atom stereocenters. The molecule has 1 saturated heterocycles. The van der Waals surface area contributed by atoms with Crippen molar-refractivity contribution < 1.29 is 9.53 Å². The van der Waals surface area contributed by atoms with Gasteiger partial charge in [-0.3, -0.25) is 9.89 Å². The second-order valence-corrected chi connectivity index (χ2v) is 3.27. The van der Waals surface area contributed by atoms with Crippen molar-refractivity contribution in [1.29, 1.82) is 0 Å². The molecule has 1 unspecified atom stereocenters. The lowest BCUT2D eigenvalue weighted by molar-refractivity contribution is 0.0935. The maximum absolute atomic E-state index is 11.4.